The molecule has 7 nitrogen and oxygen atoms in total. The summed E-state index contributed by atoms with van der Waals surface area (Å²) in [5.74, 6) is -17.0. The van der Waals surface area contributed by atoms with Crippen LogP contribution in [0.4, 0.5) is 22.1 Å². The van der Waals surface area contributed by atoms with E-state index in [1.54, 1.807) is 0 Å². The van der Waals surface area contributed by atoms with Crippen LogP contribution in [0.15, 0.2) is 24.3 Å². The van der Waals surface area contributed by atoms with Crippen molar-refractivity contribution in [1.29, 1.82) is 0 Å². The van der Waals surface area contributed by atoms with Crippen LogP contribution in [0, 0.1) is 0 Å². The Labute approximate surface area is 136 Å². The minimum atomic E-state index is -5.47. The van der Waals surface area contributed by atoms with E-state index in [4.69, 9.17) is 15.9 Å². The zero-order valence-electron chi connectivity index (χ0n) is 12.1. The topological polar surface area (TPSA) is 121 Å². The number of nitrogens with zero attached hydrogens (tertiary/aromatic N) is 1. The number of hydrogen-bond acceptors (Lipinski definition) is 5. The molecule has 4 N–H and O–H groups in total. The Balaban J connectivity index is 3.51. The predicted molar refractivity (Wildman–Crippen MR) is 70.4 cm³/mol. The quantitative estimate of drug-likeness (QED) is 0.275. The second kappa shape index (κ2) is 7.11. The highest BCUT2D eigenvalue weighted by molar-refractivity contribution is 6.03. The van der Waals surface area contributed by atoms with Gasteiger partial charge in [-0.2, -0.15) is 8.78 Å². The summed E-state index contributed by atoms with van der Waals surface area (Å²) in [5, 5.41) is 14.2. The van der Waals surface area contributed by atoms with E-state index in [0.717, 1.165) is 12.1 Å². The zero-order valence-corrected chi connectivity index (χ0v) is 12.1. The molecule has 0 saturated heterocycles. The lowest BCUT2D eigenvalue weighted by atomic mass is 9.90. The first kappa shape index (κ1) is 20.4. The van der Waals surface area contributed by atoms with Crippen LogP contribution in [0.2, 0.25) is 0 Å². The molecule has 1 aromatic rings. The second-order valence-corrected chi connectivity index (χ2v) is 4.85. The maximum absolute atomic E-state index is 14.3. The van der Waals surface area contributed by atoms with Crippen LogP contribution in [-0.4, -0.2) is 45.1 Å². The van der Waals surface area contributed by atoms with Gasteiger partial charge in [-0.1, -0.05) is 33.2 Å². The van der Waals surface area contributed by atoms with Gasteiger partial charge in [0.2, 0.25) is 0 Å². The van der Waals surface area contributed by atoms with Crippen LogP contribution < -0.4 is 5.73 Å². The average molecular weight is 370 g/mol. The molecule has 138 valence electrons. The highest BCUT2D eigenvalue weighted by atomic mass is 19.4. The number of Topliss-reactive ketones (excluding diaryl/α,β-unsaturated/α-hetero) is 1. The summed E-state index contributed by atoms with van der Waals surface area (Å²) in [6, 6.07) is 1.02. The third-order valence-corrected chi connectivity index (χ3v) is 3.19. The largest absolute Gasteiger partial charge is 0.481 e. The lowest BCUT2D eigenvalue weighted by molar-refractivity contribution is -0.340. The monoisotopic (exact) mass is 370 g/mol. The molecule has 0 saturated carbocycles. The van der Waals surface area contributed by atoms with Crippen molar-refractivity contribution in [3.05, 3.63) is 35.4 Å². The summed E-state index contributed by atoms with van der Waals surface area (Å²) in [5.41, 5.74) is 2.49. The fourth-order valence-corrected chi connectivity index (χ4v) is 1.94. The summed E-state index contributed by atoms with van der Waals surface area (Å²) in [4.78, 5) is 33.2. The number of aliphatic carboxylic acids is 2. The molecule has 0 radical (unpaired) electrons. The van der Waals surface area contributed by atoms with E-state index < -0.39 is 58.4 Å². The van der Waals surface area contributed by atoms with E-state index >= 15 is 0 Å². The van der Waals surface area contributed by atoms with Crippen molar-refractivity contribution in [2.24, 2.45) is 5.73 Å². The van der Waals surface area contributed by atoms with Gasteiger partial charge in [0.15, 0.2) is 5.78 Å². The number of rotatable bonds is 8. The lowest BCUT2D eigenvalue weighted by Crippen LogP contribution is -2.56. The van der Waals surface area contributed by atoms with E-state index in [1.807, 2.05) is 0 Å². The van der Waals surface area contributed by atoms with Crippen LogP contribution in [0.1, 0.15) is 22.3 Å². The van der Waals surface area contributed by atoms with E-state index in [9.17, 15) is 36.5 Å². The molecular formula is C13H11F5N2O5. The number of carboxylic acid groups (broad SMARTS) is 2. The van der Waals surface area contributed by atoms with Crippen LogP contribution in [0.5, 0.6) is 0 Å². The Bertz CT molecular complexity index is 699. The summed E-state index contributed by atoms with van der Waals surface area (Å²) < 4.78 is 67.7. The summed E-state index contributed by atoms with van der Waals surface area (Å²) in [7, 11) is 0. The third-order valence-electron chi connectivity index (χ3n) is 3.19. The van der Waals surface area contributed by atoms with Gasteiger partial charge < -0.3 is 15.9 Å². The van der Waals surface area contributed by atoms with Gasteiger partial charge in [0.1, 0.15) is 0 Å². The van der Waals surface area contributed by atoms with Gasteiger partial charge in [-0.05, 0) is 0 Å². The van der Waals surface area contributed by atoms with E-state index in [-0.39, 0.29) is 0 Å². The third kappa shape index (κ3) is 3.58. The maximum atomic E-state index is 14.3. The smallest absolute Gasteiger partial charge is 0.382 e. The molecule has 0 aliphatic heterocycles. The van der Waals surface area contributed by atoms with Crippen molar-refractivity contribution in [2.75, 3.05) is 0 Å². The van der Waals surface area contributed by atoms with Gasteiger partial charge in [0.05, 0.1) is 17.8 Å². The van der Waals surface area contributed by atoms with Gasteiger partial charge >= 0.3 is 23.7 Å². The van der Waals surface area contributed by atoms with Crippen molar-refractivity contribution in [3.63, 3.8) is 0 Å². The first-order valence-electron chi connectivity index (χ1n) is 6.40. The predicted octanol–water partition coefficient (Wildman–Crippen LogP) is 1.58. The highest BCUT2D eigenvalue weighted by Gasteiger charge is 2.69. The first-order chi connectivity index (χ1) is 11.4. The molecule has 1 aromatic carbocycles. The van der Waals surface area contributed by atoms with E-state index in [1.165, 1.54) is 0 Å². The van der Waals surface area contributed by atoms with Crippen molar-refractivity contribution in [2.45, 2.75) is 24.2 Å². The average Bonchev–Trinajstić information content (AvgIpc) is 2.51. The summed E-state index contributed by atoms with van der Waals surface area (Å²) in [6.45, 7) is 0. The maximum Gasteiger partial charge on any atom is 0.382 e. The zero-order chi connectivity index (χ0) is 19.6. The van der Waals surface area contributed by atoms with Crippen molar-refractivity contribution < 1.29 is 46.7 Å². The molecule has 0 bridgehead atoms. The second-order valence-electron chi connectivity index (χ2n) is 4.85. The van der Waals surface area contributed by atoms with Crippen LogP contribution in [0.25, 0.3) is 0 Å². The fraction of sp³-hybridized carbons (Fsp3) is 0.308. The Hall–Kier alpha value is -2.60. The number of ketones is 1. The summed E-state index contributed by atoms with van der Waals surface area (Å²) >= 11 is 0. The number of carbonyl (C=O) groups excluding carboxylic acids is 1. The Morgan fingerprint density at radius 3 is 2.08 bits per heavy atom. The molecule has 0 amide bonds. The standard InChI is InChI=1S/C13H11F5N2O5/c14-12(15,13(16,11(24)25)20(17)18)7-4-2-1-3-6(7)10(23)8(19)5-9(21)22/h1-4,8H,5,19H2,(H,21,22)(H,24,25)/t8-,13+/m0/s1. The molecule has 0 aromatic heterocycles. The molecule has 1 rings (SSSR count). The normalized spacial score (nSPS) is 15.5. The molecule has 0 heterocycles. The number of carboxylic acids is 2. The number of benzene rings is 1. The molecule has 0 aliphatic carbocycles. The molecular weight excluding hydrogens is 359 g/mol. The molecule has 25 heavy (non-hydrogen) atoms. The number of carbonyl (C=O) groups is 3. The van der Waals surface area contributed by atoms with Crippen LogP contribution >= 0.6 is 0 Å². The molecule has 0 fully saturated rings. The van der Waals surface area contributed by atoms with Crippen molar-refractivity contribution >= 4 is 17.7 Å². The van der Waals surface area contributed by atoms with E-state index in [2.05, 4.69) is 0 Å². The minimum absolute atomic E-state index is 0.363. The van der Waals surface area contributed by atoms with Crippen LogP contribution in [0.3, 0.4) is 0 Å². The number of nitrogens with two attached hydrogens (primary N) is 1. The Kier molecular flexibility index (Phi) is 5.81. The number of halogens is 5. The molecule has 0 spiro atoms. The molecule has 2 atom stereocenters. The highest BCUT2D eigenvalue weighted by Crippen LogP contribution is 2.46. The van der Waals surface area contributed by atoms with Gasteiger partial charge in [-0.25, -0.2) is 9.18 Å². The number of alkyl halides is 3. The molecule has 0 aliphatic rings. The van der Waals surface area contributed by atoms with Gasteiger partial charge in [-0.3, -0.25) is 9.59 Å². The Morgan fingerprint density at radius 2 is 1.64 bits per heavy atom. The van der Waals surface area contributed by atoms with Gasteiger partial charge in [-0.15, -0.1) is 0 Å². The lowest BCUT2D eigenvalue weighted by Gasteiger charge is -2.30. The van der Waals surface area contributed by atoms with Crippen molar-refractivity contribution in [1.82, 2.24) is 5.34 Å². The SMILES string of the molecule is N[C@@H](CC(=O)O)C(=O)c1ccccc1C(F)(F)[C@@](F)(C(=O)O)N(F)F. The molecule has 12 heteroatoms. The van der Waals surface area contributed by atoms with Crippen molar-refractivity contribution in [3.8, 4) is 0 Å². The Morgan fingerprint density at radius 1 is 1.12 bits per heavy atom. The minimum Gasteiger partial charge on any atom is -0.481 e. The molecule has 0 unspecified atom stereocenters. The fourth-order valence-electron chi connectivity index (χ4n) is 1.94. The van der Waals surface area contributed by atoms with Gasteiger partial charge in [0.25, 0.3) is 0 Å². The van der Waals surface area contributed by atoms with E-state index in [0.29, 0.717) is 12.1 Å². The first-order valence-corrected chi connectivity index (χ1v) is 6.40. The summed E-state index contributed by atoms with van der Waals surface area (Å²) in [6.07, 6.45) is -0.975. The van der Waals surface area contributed by atoms with Gasteiger partial charge in [0, 0.05) is 11.1 Å². The number of hydrogen-bond donors (Lipinski definition) is 3. The van der Waals surface area contributed by atoms with Crippen LogP contribution in [-0.2, 0) is 15.5 Å².